The largest absolute Gasteiger partial charge is 0.389 e. The summed E-state index contributed by atoms with van der Waals surface area (Å²) in [6.45, 7) is 1.40. The van der Waals surface area contributed by atoms with Gasteiger partial charge in [-0.05, 0) is 31.9 Å². The molecule has 0 spiro atoms. The molecule has 1 aromatic rings. The predicted octanol–water partition coefficient (Wildman–Crippen LogP) is 1.72. The second-order valence-electron chi connectivity index (χ2n) is 5.12. The Balaban J connectivity index is 2.16. The molecule has 1 aliphatic carbocycles. The molecule has 0 radical (unpaired) electrons. The monoisotopic (exact) mass is 287 g/mol. The van der Waals surface area contributed by atoms with Crippen molar-refractivity contribution in [3.63, 3.8) is 0 Å². The topological polar surface area (TPSA) is 66.4 Å². The van der Waals surface area contributed by atoms with Gasteiger partial charge < -0.3 is 5.11 Å². The number of aliphatic hydroxyl groups is 1. The smallest absolute Gasteiger partial charge is 0.241 e. The molecule has 0 bridgehead atoms. The molecule has 2 N–H and O–H groups in total. The molecule has 0 saturated heterocycles. The first-order chi connectivity index (χ1) is 8.84. The van der Waals surface area contributed by atoms with Gasteiger partial charge in [-0.15, -0.1) is 0 Å². The van der Waals surface area contributed by atoms with Crippen LogP contribution < -0.4 is 4.72 Å². The third-order valence-electron chi connectivity index (χ3n) is 3.63. The Bertz CT molecular complexity index is 565. The molecule has 106 valence electrons. The lowest BCUT2D eigenvalue weighted by molar-refractivity contribution is 0.0531. The number of hydrogen-bond acceptors (Lipinski definition) is 3. The van der Waals surface area contributed by atoms with Crippen LogP contribution in [0.3, 0.4) is 0 Å². The predicted molar refractivity (Wildman–Crippen MR) is 69.7 cm³/mol. The summed E-state index contributed by atoms with van der Waals surface area (Å²) in [7, 11) is -3.79. The van der Waals surface area contributed by atoms with Crippen LogP contribution in [0.4, 0.5) is 4.39 Å². The van der Waals surface area contributed by atoms with Crippen LogP contribution in [0.1, 0.15) is 31.2 Å². The van der Waals surface area contributed by atoms with Crippen molar-refractivity contribution in [1.29, 1.82) is 0 Å². The first-order valence-electron chi connectivity index (χ1n) is 6.31. The van der Waals surface area contributed by atoms with Gasteiger partial charge in [0, 0.05) is 12.1 Å². The Labute approximate surface area is 112 Å². The third-order valence-corrected chi connectivity index (χ3v) is 5.18. The number of hydrogen-bond donors (Lipinski definition) is 2. The molecule has 1 fully saturated rings. The van der Waals surface area contributed by atoms with Gasteiger partial charge in [0.05, 0.1) is 10.5 Å². The van der Waals surface area contributed by atoms with E-state index in [0.29, 0.717) is 12.8 Å². The van der Waals surface area contributed by atoms with E-state index in [4.69, 9.17) is 0 Å². The number of rotatable bonds is 4. The van der Waals surface area contributed by atoms with Crippen LogP contribution in [0.5, 0.6) is 0 Å². The Hall–Kier alpha value is -0.980. The number of halogens is 1. The van der Waals surface area contributed by atoms with Gasteiger partial charge in [0.2, 0.25) is 10.0 Å². The summed E-state index contributed by atoms with van der Waals surface area (Å²) in [6, 6.07) is 3.94. The van der Waals surface area contributed by atoms with Crippen molar-refractivity contribution in [2.45, 2.75) is 43.1 Å². The first-order valence-corrected chi connectivity index (χ1v) is 7.80. The second-order valence-corrected chi connectivity index (χ2v) is 6.85. The Morgan fingerprint density at radius 2 is 2.00 bits per heavy atom. The van der Waals surface area contributed by atoms with E-state index in [0.717, 1.165) is 12.8 Å². The molecule has 0 heterocycles. The van der Waals surface area contributed by atoms with E-state index in [9.17, 15) is 17.9 Å². The lowest BCUT2D eigenvalue weighted by Crippen LogP contribution is -2.40. The fourth-order valence-corrected chi connectivity index (χ4v) is 3.77. The molecule has 1 aromatic carbocycles. The molecule has 1 aliphatic rings. The molecule has 6 heteroatoms. The molecule has 1 saturated carbocycles. The maximum Gasteiger partial charge on any atom is 0.241 e. The highest BCUT2D eigenvalue weighted by Gasteiger charge is 2.32. The normalized spacial score (nSPS) is 18.7. The highest BCUT2D eigenvalue weighted by Crippen LogP contribution is 2.29. The van der Waals surface area contributed by atoms with Crippen LogP contribution in [0.2, 0.25) is 0 Å². The van der Waals surface area contributed by atoms with E-state index in [1.165, 1.54) is 25.1 Å². The van der Waals surface area contributed by atoms with Gasteiger partial charge in [0.25, 0.3) is 0 Å². The maximum absolute atomic E-state index is 13.4. The summed E-state index contributed by atoms with van der Waals surface area (Å²) >= 11 is 0. The molecule has 2 rings (SSSR count). The molecule has 19 heavy (non-hydrogen) atoms. The van der Waals surface area contributed by atoms with Crippen molar-refractivity contribution < 1.29 is 17.9 Å². The zero-order valence-electron chi connectivity index (χ0n) is 10.8. The summed E-state index contributed by atoms with van der Waals surface area (Å²) < 4.78 is 40.0. The maximum atomic E-state index is 13.4. The van der Waals surface area contributed by atoms with Crippen molar-refractivity contribution in [2.24, 2.45) is 0 Å². The average molecular weight is 287 g/mol. The van der Waals surface area contributed by atoms with Gasteiger partial charge in [-0.1, -0.05) is 18.9 Å². The summed E-state index contributed by atoms with van der Waals surface area (Å²) in [5, 5.41) is 10.1. The molecule has 0 aromatic heterocycles. The van der Waals surface area contributed by atoms with Crippen LogP contribution in [0.25, 0.3) is 0 Å². The van der Waals surface area contributed by atoms with Gasteiger partial charge in [-0.25, -0.2) is 17.5 Å². The van der Waals surface area contributed by atoms with E-state index >= 15 is 0 Å². The van der Waals surface area contributed by atoms with Crippen molar-refractivity contribution in [1.82, 2.24) is 4.72 Å². The highest BCUT2D eigenvalue weighted by atomic mass is 32.2. The summed E-state index contributed by atoms with van der Waals surface area (Å²) in [5.74, 6) is -0.553. The first kappa shape index (κ1) is 14.4. The van der Waals surface area contributed by atoms with E-state index in [-0.39, 0.29) is 17.0 Å². The van der Waals surface area contributed by atoms with Gasteiger partial charge in [-0.3, -0.25) is 0 Å². The Morgan fingerprint density at radius 1 is 1.37 bits per heavy atom. The Morgan fingerprint density at radius 3 is 2.63 bits per heavy atom. The molecule has 0 aliphatic heterocycles. The minimum absolute atomic E-state index is 0.0225. The zero-order valence-corrected chi connectivity index (χ0v) is 11.6. The van der Waals surface area contributed by atoms with E-state index in [1.54, 1.807) is 0 Å². The van der Waals surface area contributed by atoms with E-state index in [2.05, 4.69) is 4.72 Å². The summed E-state index contributed by atoms with van der Waals surface area (Å²) in [6.07, 6.45) is 2.99. The van der Waals surface area contributed by atoms with E-state index < -0.39 is 21.4 Å². The standard InChI is InChI=1S/C13H18FNO3S/c1-10-11(14)5-4-6-12(10)19(17,18)15-9-13(16)7-2-3-8-13/h4-6,15-16H,2-3,7-9H2,1H3. The number of nitrogens with one attached hydrogen (secondary N) is 1. The fourth-order valence-electron chi connectivity index (χ4n) is 2.40. The van der Waals surface area contributed by atoms with Crippen LogP contribution in [-0.2, 0) is 10.0 Å². The average Bonchev–Trinajstić information content (AvgIpc) is 2.78. The minimum atomic E-state index is -3.79. The van der Waals surface area contributed by atoms with Crippen molar-refractivity contribution in [3.8, 4) is 0 Å². The van der Waals surface area contributed by atoms with Gasteiger partial charge in [-0.2, -0.15) is 0 Å². The van der Waals surface area contributed by atoms with Gasteiger partial charge >= 0.3 is 0 Å². The van der Waals surface area contributed by atoms with Gasteiger partial charge in [0.1, 0.15) is 5.82 Å². The van der Waals surface area contributed by atoms with Crippen LogP contribution in [0.15, 0.2) is 23.1 Å². The SMILES string of the molecule is Cc1c(F)cccc1S(=O)(=O)NCC1(O)CCCC1. The zero-order chi connectivity index (χ0) is 14.1. The Kier molecular flexibility index (Phi) is 3.94. The highest BCUT2D eigenvalue weighted by molar-refractivity contribution is 7.89. The van der Waals surface area contributed by atoms with Crippen LogP contribution >= 0.6 is 0 Å². The third kappa shape index (κ3) is 3.13. The molecular formula is C13H18FNO3S. The van der Waals surface area contributed by atoms with E-state index in [1.807, 2.05) is 0 Å². The van der Waals surface area contributed by atoms with Crippen LogP contribution in [0, 0.1) is 12.7 Å². The molecule has 0 unspecified atom stereocenters. The van der Waals surface area contributed by atoms with Crippen molar-refractivity contribution in [3.05, 3.63) is 29.6 Å². The molecule has 4 nitrogen and oxygen atoms in total. The number of sulfonamides is 1. The van der Waals surface area contributed by atoms with Crippen molar-refractivity contribution >= 4 is 10.0 Å². The minimum Gasteiger partial charge on any atom is -0.389 e. The lowest BCUT2D eigenvalue weighted by atomic mass is 10.0. The molecule has 0 atom stereocenters. The summed E-state index contributed by atoms with van der Waals surface area (Å²) in [5.41, 5.74) is -0.873. The van der Waals surface area contributed by atoms with Crippen molar-refractivity contribution in [2.75, 3.05) is 6.54 Å². The molecular weight excluding hydrogens is 269 g/mol. The summed E-state index contributed by atoms with van der Waals surface area (Å²) in [4.78, 5) is -0.0749. The molecule has 0 amide bonds. The van der Waals surface area contributed by atoms with Crippen LogP contribution in [-0.4, -0.2) is 25.7 Å². The quantitative estimate of drug-likeness (QED) is 0.886. The number of benzene rings is 1. The van der Waals surface area contributed by atoms with Gasteiger partial charge in [0.15, 0.2) is 0 Å². The fraction of sp³-hybridized carbons (Fsp3) is 0.538. The lowest BCUT2D eigenvalue weighted by Gasteiger charge is -2.22. The second kappa shape index (κ2) is 5.19.